The Hall–Kier alpha value is -0.340. The van der Waals surface area contributed by atoms with Gasteiger partial charge < -0.3 is 10.1 Å². The van der Waals surface area contributed by atoms with Crippen molar-refractivity contribution < 1.29 is 4.74 Å². The van der Waals surface area contributed by atoms with E-state index in [0.717, 1.165) is 25.7 Å². The molecule has 2 atom stereocenters. The van der Waals surface area contributed by atoms with Crippen LogP contribution in [0.3, 0.4) is 0 Å². The molecule has 0 aromatic carbocycles. The minimum atomic E-state index is 0.236. The standard InChI is InChI=1S/C13H23NO/c1-13(8-5-9-15-11-13)14-10-12-6-3-2-4-7-12/h2-3,12,14H,4-11H2,1H3. The summed E-state index contributed by atoms with van der Waals surface area (Å²) >= 11 is 0. The van der Waals surface area contributed by atoms with Gasteiger partial charge in [0.2, 0.25) is 0 Å². The molecule has 1 aliphatic carbocycles. The summed E-state index contributed by atoms with van der Waals surface area (Å²) in [4.78, 5) is 0. The van der Waals surface area contributed by atoms with Crippen molar-refractivity contribution in [1.82, 2.24) is 5.32 Å². The summed E-state index contributed by atoms with van der Waals surface area (Å²) < 4.78 is 5.55. The number of rotatable bonds is 3. The molecule has 0 bridgehead atoms. The second kappa shape index (κ2) is 5.13. The highest BCUT2D eigenvalue weighted by Crippen LogP contribution is 2.21. The fourth-order valence-electron chi connectivity index (χ4n) is 2.51. The van der Waals surface area contributed by atoms with Gasteiger partial charge in [-0.2, -0.15) is 0 Å². The third kappa shape index (κ3) is 3.32. The summed E-state index contributed by atoms with van der Waals surface area (Å²) in [5.41, 5.74) is 0.236. The van der Waals surface area contributed by atoms with Gasteiger partial charge in [-0.3, -0.25) is 0 Å². The Morgan fingerprint density at radius 3 is 3.07 bits per heavy atom. The van der Waals surface area contributed by atoms with Crippen LogP contribution in [-0.4, -0.2) is 25.3 Å². The summed E-state index contributed by atoms with van der Waals surface area (Å²) in [6.45, 7) is 5.29. The van der Waals surface area contributed by atoms with Crippen molar-refractivity contribution in [3.8, 4) is 0 Å². The average molecular weight is 209 g/mol. The van der Waals surface area contributed by atoms with Crippen molar-refractivity contribution in [3.05, 3.63) is 12.2 Å². The topological polar surface area (TPSA) is 21.3 Å². The Labute approximate surface area is 93.1 Å². The number of hydrogen-bond acceptors (Lipinski definition) is 2. The molecule has 0 radical (unpaired) electrons. The van der Waals surface area contributed by atoms with Gasteiger partial charge in [0.05, 0.1) is 6.61 Å². The molecule has 15 heavy (non-hydrogen) atoms. The summed E-state index contributed by atoms with van der Waals surface area (Å²) in [6, 6.07) is 0. The van der Waals surface area contributed by atoms with Crippen LogP contribution >= 0.6 is 0 Å². The third-order valence-electron chi connectivity index (χ3n) is 3.63. The van der Waals surface area contributed by atoms with Gasteiger partial charge in [-0.25, -0.2) is 0 Å². The van der Waals surface area contributed by atoms with Gasteiger partial charge in [0.25, 0.3) is 0 Å². The Kier molecular flexibility index (Phi) is 3.81. The largest absolute Gasteiger partial charge is 0.380 e. The van der Waals surface area contributed by atoms with Crippen LogP contribution in [0.4, 0.5) is 0 Å². The van der Waals surface area contributed by atoms with Gasteiger partial charge >= 0.3 is 0 Å². The second-order valence-corrected chi connectivity index (χ2v) is 5.25. The lowest BCUT2D eigenvalue weighted by atomic mass is 9.90. The molecule has 1 heterocycles. The summed E-state index contributed by atoms with van der Waals surface area (Å²) in [7, 11) is 0. The Morgan fingerprint density at radius 1 is 1.47 bits per heavy atom. The van der Waals surface area contributed by atoms with Crippen LogP contribution in [0.1, 0.15) is 39.0 Å². The molecular formula is C13H23NO. The van der Waals surface area contributed by atoms with Gasteiger partial charge in [0.15, 0.2) is 0 Å². The lowest BCUT2D eigenvalue weighted by molar-refractivity contribution is 0.0267. The Bertz CT molecular complexity index is 219. The molecule has 0 spiro atoms. The van der Waals surface area contributed by atoms with E-state index in [4.69, 9.17) is 4.74 Å². The minimum Gasteiger partial charge on any atom is -0.380 e. The first kappa shape index (κ1) is 11.2. The molecule has 1 N–H and O–H groups in total. The van der Waals surface area contributed by atoms with E-state index in [1.807, 2.05) is 0 Å². The van der Waals surface area contributed by atoms with E-state index in [0.29, 0.717) is 0 Å². The van der Waals surface area contributed by atoms with E-state index in [1.165, 1.54) is 32.1 Å². The van der Waals surface area contributed by atoms with Crippen LogP contribution in [0.5, 0.6) is 0 Å². The lowest BCUT2D eigenvalue weighted by Gasteiger charge is -2.36. The highest BCUT2D eigenvalue weighted by molar-refractivity contribution is 4.92. The molecule has 2 nitrogen and oxygen atoms in total. The van der Waals surface area contributed by atoms with Crippen LogP contribution in [-0.2, 0) is 4.74 Å². The fourth-order valence-corrected chi connectivity index (χ4v) is 2.51. The molecule has 2 heteroatoms. The molecular weight excluding hydrogens is 186 g/mol. The van der Waals surface area contributed by atoms with Crippen molar-refractivity contribution in [2.45, 2.75) is 44.6 Å². The molecule has 0 aromatic heterocycles. The highest BCUT2D eigenvalue weighted by atomic mass is 16.5. The number of nitrogens with one attached hydrogen (secondary N) is 1. The summed E-state index contributed by atoms with van der Waals surface area (Å²) in [5, 5.41) is 3.71. The van der Waals surface area contributed by atoms with Crippen LogP contribution in [0.25, 0.3) is 0 Å². The van der Waals surface area contributed by atoms with Crippen molar-refractivity contribution in [1.29, 1.82) is 0 Å². The van der Waals surface area contributed by atoms with Crippen molar-refractivity contribution in [2.24, 2.45) is 5.92 Å². The molecule has 86 valence electrons. The maximum atomic E-state index is 5.55. The van der Waals surface area contributed by atoms with E-state index < -0.39 is 0 Å². The van der Waals surface area contributed by atoms with Crippen LogP contribution in [0.2, 0.25) is 0 Å². The van der Waals surface area contributed by atoms with E-state index in [1.54, 1.807) is 0 Å². The number of ether oxygens (including phenoxy) is 1. The first-order valence-corrected chi connectivity index (χ1v) is 6.26. The quantitative estimate of drug-likeness (QED) is 0.721. The summed E-state index contributed by atoms with van der Waals surface area (Å²) in [6.07, 6.45) is 11.0. The zero-order valence-electron chi connectivity index (χ0n) is 9.80. The van der Waals surface area contributed by atoms with E-state index in [-0.39, 0.29) is 5.54 Å². The molecule has 0 saturated carbocycles. The first-order valence-electron chi connectivity index (χ1n) is 6.26. The van der Waals surface area contributed by atoms with Gasteiger partial charge in [-0.15, -0.1) is 0 Å². The third-order valence-corrected chi connectivity index (χ3v) is 3.63. The van der Waals surface area contributed by atoms with Gasteiger partial charge in [0, 0.05) is 12.1 Å². The lowest BCUT2D eigenvalue weighted by Crippen LogP contribution is -2.50. The van der Waals surface area contributed by atoms with E-state index in [2.05, 4.69) is 24.4 Å². The maximum Gasteiger partial charge on any atom is 0.0645 e. The first-order chi connectivity index (χ1) is 7.29. The SMILES string of the molecule is CC1(NCC2CC=CCC2)CCCOC1. The molecule has 1 aliphatic heterocycles. The van der Waals surface area contributed by atoms with E-state index >= 15 is 0 Å². The van der Waals surface area contributed by atoms with Crippen molar-refractivity contribution >= 4 is 0 Å². The second-order valence-electron chi connectivity index (χ2n) is 5.25. The summed E-state index contributed by atoms with van der Waals surface area (Å²) in [5.74, 6) is 0.841. The van der Waals surface area contributed by atoms with Crippen LogP contribution in [0, 0.1) is 5.92 Å². The molecule has 0 aromatic rings. The normalized spacial score (nSPS) is 36.7. The maximum absolute atomic E-state index is 5.55. The molecule has 1 saturated heterocycles. The molecule has 0 amide bonds. The van der Waals surface area contributed by atoms with Crippen LogP contribution in [0.15, 0.2) is 12.2 Å². The van der Waals surface area contributed by atoms with Crippen LogP contribution < -0.4 is 5.32 Å². The van der Waals surface area contributed by atoms with Crippen molar-refractivity contribution in [2.75, 3.05) is 19.8 Å². The molecule has 1 fully saturated rings. The van der Waals surface area contributed by atoms with Gasteiger partial charge in [-0.1, -0.05) is 12.2 Å². The Morgan fingerprint density at radius 2 is 2.40 bits per heavy atom. The van der Waals surface area contributed by atoms with E-state index in [9.17, 15) is 0 Å². The smallest absolute Gasteiger partial charge is 0.0645 e. The van der Waals surface area contributed by atoms with Crippen molar-refractivity contribution in [3.63, 3.8) is 0 Å². The monoisotopic (exact) mass is 209 g/mol. The van der Waals surface area contributed by atoms with Gasteiger partial charge in [-0.05, 0) is 51.5 Å². The molecule has 2 unspecified atom stereocenters. The predicted molar refractivity (Wildman–Crippen MR) is 62.9 cm³/mol. The molecule has 2 rings (SSSR count). The minimum absolute atomic E-state index is 0.236. The zero-order chi connectivity index (χ0) is 10.6. The fraction of sp³-hybridized carbons (Fsp3) is 0.846. The average Bonchev–Trinajstić information content (AvgIpc) is 2.29. The zero-order valence-corrected chi connectivity index (χ0v) is 9.80. The van der Waals surface area contributed by atoms with Gasteiger partial charge in [0.1, 0.15) is 0 Å². The highest BCUT2D eigenvalue weighted by Gasteiger charge is 2.27. The predicted octanol–water partition coefficient (Wildman–Crippen LogP) is 2.50. The number of hydrogen-bond donors (Lipinski definition) is 1. The number of allylic oxidation sites excluding steroid dienone is 2. The molecule has 2 aliphatic rings. The Balaban J connectivity index is 1.73.